The number of hydrogen-bond donors (Lipinski definition) is 1. The van der Waals surface area contributed by atoms with Crippen LogP contribution >= 0.6 is 0 Å². The summed E-state index contributed by atoms with van der Waals surface area (Å²) in [4.78, 5) is 0. The van der Waals surface area contributed by atoms with Gasteiger partial charge in [-0.15, -0.1) is 0 Å². The first-order valence-electron chi connectivity index (χ1n) is 5.48. The zero-order valence-electron chi connectivity index (χ0n) is 9.92. The van der Waals surface area contributed by atoms with Gasteiger partial charge < -0.3 is 9.74 Å². The largest absolute Gasteiger partial charge is 0.420 e. The second-order valence-corrected chi connectivity index (χ2v) is 8.79. The lowest BCUT2D eigenvalue weighted by atomic mass is 10.3. The fourth-order valence-electron chi connectivity index (χ4n) is 1.40. The Morgan fingerprint density at radius 1 is 1.12 bits per heavy atom. The highest BCUT2D eigenvalue weighted by Crippen LogP contribution is 2.12. The van der Waals surface area contributed by atoms with Gasteiger partial charge in [0.15, 0.2) is 8.32 Å². The Balaban J connectivity index is 0. The molecule has 17 heavy (non-hydrogen) atoms. The molecule has 0 radical (unpaired) electrons. The molecule has 0 saturated heterocycles. The fraction of sp³-hybridized carbons (Fsp3) is 0.571. The summed E-state index contributed by atoms with van der Waals surface area (Å²) in [5.41, 5.74) is 1.20. The first-order chi connectivity index (χ1) is 7.14. The minimum absolute atomic E-state index is 0. The molecule has 0 amide bonds. The van der Waals surface area contributed by atoms with E-state index in [1.807, 2.05) is 13.2 Å². The van der Waals surface area contributed by atoms with Crippen LogP contribution in [-0.2, 0) is 4.43 Å². The van der Waals surface area contributed by atoms with E-state index in [4.69, 9.17) is 4.43 Å². The number of anilines is 1. The van der Waals surface area contributed by atoms with Gasteiger partial charge in [-0.1, -0.05) is 33.1 Å². The first kappa shape index (κ1) is 18.6. The molecule has 2 nitrogen and oxygen atoms in total. The van der Waals surface area contributed by atoms with E-state index in [0.29, 0.717) is 0 Å². The molecule has 0 unspecified atom stereocenters. The average molecular weight is 255 g/mol. The molecule has 0 aliphatic heterocycles. The summed E-state index contributed by atoms with van der Waals surface area (Å²) >= 11 is 0. The van der Waals surface area contributed by atoms with E-state index in [1.165, 1.54) is 18.2 Å². The molecule has 0 spiro atoms. The molecule has 1 N–H and O–H groups in total. The van der Waals surface area contributed by atoms with E-state index in [1.54, 1.807) is 0 Å². The maximum absolute atomic E-state index is 5.50. The third-order valence-corrected chi connectivity index (χ3v) is 5.27. The lowest BCUT2D eigenvalue weighted by Crippen LogP contribution is -2.28. The quantitative estimate of drug-likeness (QED) is 0.592. The van der Waals surface area contributed by atoms with Crippen molar-refractivity contribution in [2.75, 3.05) is 19.0 Å². The van der Waals surface area contributed by atoms with Crippen molar-refractivity contribution in [2.45, 2.75) is 40.4 Å². The third kappa shape index (κ3) is 7.99. The normalized spacial score (nSPS) is 10.1. The lowest BCUT2D eigenvalue weighted by Gasteiger charge is -2.19. The summed E-state index contributed by atoms with van der Waals surface area (Å²) in [6, 6.07) is 11.5. The van der Waals surface area contributed by atoms with Gasteiger partial charge in [0, 0.05) is 19.3 Å². The number of para-hydroxylation sites is 1. The van der Waals surface area contributed by atoms with Crippen molar-refractivity contribution in [1.29, 1.82) is 0 Å². The second kappa shape index (κ2) is 9.25. The van der Waals surface area contributed by atoms with Crippen LogP contribution in [0.15, 0.2) is 30.3 Å². The molecule has 0 heterocycles. The van der Waals surface area contributed by atoms with Gasteiger partial charge in [0.1, 0.15) is 0 Å². The Hall–Kier alpha value is -0.803. The Morgan fingerprint density at radius 2 is 1.71 bits per heavy atom. The van der Waals surface area contributed by atoms with Crippen LogP contribution in [-0.4, -0.2) is 22.0 Å². The SMILES string of the molecule is C.C.CO[Si](C)(C)CCCNc1ccccc1. The van der Waals surface area contributed by atoms with Gasteiger partial charge in [-0.25, -0.2) is 0 Å². The standard InChI is InChI=1S/C12H21NOSi.2CH4/c1-14-15(2,3)11-7-10-13-12-8-5-4-6-9-12;;/h4-6,8-9,13H,7,10-11H2,1-3H3;2*1H4. The van der Waals surface area contributed by atoms with E-state index in [0.717, 1.165) is 6.54 Å². The van der Waals surface area contributed by atoms with Crippen LogP contribution < -0.4 is 5.32 Å². The molecule has 1 rings (SSSR count). The zero-order chi connectivity index (χ0) is 11.1. The van der Waals surface area contributed by atoms with Gasteiger partial charge in [0.05, 0.1) is 0 Å². The molecule has 0 atom stereocenters. The Labute approximate surface area is 109 Å². The molecule has 0 fully saturated rings. The molecule has 0 bridgehead atoms. The van der Waals surface area contributed by atoms with Crippen LogP contribution in [0.25, 0.3) is 0 Å². The summed E-state index contributed by atoms with van der Waals surface area (Å²) in [6.45, 7) is 5.55. The summed E-state index contributed by atoms with van der Waals surface area (Å²) in [5.74, 6) is 0. The van der Waals surface area contributed by atoms with E-state index in [-0.39, 0.29) is 14.9 Å². The highest BCUT2D eigenvalue weighted by molar-refractivity contribution is 6.71. The van der Waals surface area contributed by atoms with E-state index in [2.05, 4.69) is 42.7 Å². The maximum atomic E-state index is 5.50. The van der Waals surface area contributed by atoms with Crippen LogP contribution in [0.1, 0.15) is 21.3 Å². The second-order valence-electron chi connectivity index (χ2n) is 4.36. The average Bonchev–Trinajstić information content (AvgIpc) is 2.26. The van der Waals surface area contributed by atoms with Gasteiger partial charge in [-0.05, 0) is 37.7 Å². The predicted octanol–water partition coefficient (Wildman–Crippen LogP) is 4.61. The van der Waals surface area contributed by atoms with E-state index < -0.39 is 8.32 Å². The van der Waals surface area contributed by atoms with Crippen molar-refractivity contribution in [3.05, 3.63) is 30.3 Å². The van der Waals surface area contributed by atoms with E-state index >= 15 is 0 Å². The molecule has 100 valence electrons. The van der Waals surface area contributed by atoms with Gasteiger partial charge in [0.25, 0.3) is 0 Å². The molecule has 1 aromatic carbocycles. The molecular formula is C14H29NOSi. The summed E-state index contributed by atoms with van der Waals surface area (Å²) < 4.78 is 5.50. The highest BCUT2D eigenvalue weighted by Gasteiger charge is 2.19. The van der Waals surface area contributed by atoms with Crippen LogP contribution in [0.2, 0.25) is 19.1 Å². The monoisotopic (exact) mass is 255 g/mol. The Kier molecular flexibility index (Phi) is 10.1. The van der Waals surface area contributed by atoms with Gasteiger partial charge in [0.2, 0.25) is 0 Å². The molecule has 3 heteroatoms. The molecule has 0 saturated carbocycles. The van der Waals surface area contributed by atoms with Gasteiger partial charge in [-0.3, -0.25) is 0 Å². The maximum Gasteiger partial charge on any atom is 0.186 e. The van der Waals surface area contributed by atoms with Gasteiger partial charge in [-0.2, -0.15) is 0 Å². The van der Waals surface area contributed by atoms with Crippen molar-refractivity contribution in [3.8, 4) is 0 Å². The number of hydrogen-bond acceptors (Lipinski definition) is 2. The molecule has 0 aliphatic carbocycles. The topological polar surface area (TPSA) is 21.3 Å². The first-order valence-corrected chi connectivity index (χ1v) is 8.60. The minimum Gasteiger partial charge on any atom is -0.420 e. The van der Waals surface area contributed by atoms with Crippen molar-refractivity contribution < 1.29 is 4.43 Å². The molecular weight excluding hydrogens is 226 g/mol. The molecule has 0 aromatic heterocycles. The van der Waals surface area contributed by atoms with Crippen molar-refractivity contribution in [1.82, 2.24) is 0 Å². The van der Waals surface area contributed by atoms with Crippen LogP contribution in [0.4, 0.5) is 5.69 Å². The fourth-order valence-corrected chi connectivity index (χ4v) is 2.64. The Morgan fingerprint density at radius 3 is 2.24 bits per heavy atom. The Bertz CT molecular complexity index is 275. The van der Waals surface area contributed by atoms with Crippen molar-refractivity contribution in [3.63, 3.8) is 0 Å². The highest BCUT2D eigenvalue weighted by atomic mass is 28.4. The smallest absolute Gasteiger partial charge is 0.186 e. The predicted molar refractivity (Wildman–Crippen MR) is 82.3 cm³/mol. The lowest BCUT2D eigenvalue weighted by molar-refractivity contribution is 0.402. The summed E-state index contributed by atoms with van der Waals surface area (Å²) in [7, 11) is 0.475. The van der Waals surface area contributed by atoms with E-state index in [9.17, 15) is 0 Å². The number of benzene rings is 1. The minimum atomic E-state index is -1.36. The third-order valence-electron chi connectivity index (χ3n) is 2.61. The summed E-state index contributed by atoms with van der Waals surface area (Å²) in [6.07, 6.45) is 1.18. The van der Waals surface area contributed by atoms with Crippen molar-refractivity contribution >= 4 is 14.0 Å². The van der Waals surface area contributed by atoms with Crippen LogP contribution in [0.5, 0.6) is 0 Å². The summed E-state index contributed by atoms with van der Waals surface area (Å²) in [5, 5.41) is 3.41. The number of rotatable bonds is 6. The molecule has 1 aromatic rings. The molecule has 0 aliphatic rings. The van der Waals surface area contributed by atoms with Gasteiger partial charge >= 0.3 is 0 Å². The zero-order valence-corrected chi connectivity index (χ0v) is 10.9. The number of nitrogens with one attached hydrogen (secondary N) is 1. The van der Waals surface area contributed by atoms with Crippen LogP contribution in [0.3, 0.4) is 0 Å². The van der Waals surface area contributed by atoms with Crippen LogP contribution in [0, 0.1) is 0 Å². The van der Waals surface area contributed by atoms with Crippen molar-refractivity contribution in [2.24, 2.45) is 0 Å².